The van der Waals surface area contributed by atoms with Gasteiger partial charge in [-0.3, -0.25) is 62.9 Å². The van der Waals surface area contributed by atoms with Crippen molar-refractivity contribution in [2.75, 3.05) is 26.2 Å². The van der Waals surface area contributed by atoms with E-state index in [1.54, 1.807) is 27.7 Å². The molecule has 0 saturated carbocycles. The summed E-state index contributed by atoms with van der Waals surface area (Å²) in [5.74, 6) is -11.3. The molecule has 32 nitrogen and oxygen atoms in total. The summed E-state index contributed by atoms with van der Waals surface area (Å²) in [6.07, 6.45) is -1.29. The molecular weight excluding hydrogens is 1110 g/mol. The van der Waals surface area contributed by atoms with E-state index in [1.165, 1.54) is 20.8 Å². The zero-order chi connectivity index (χ0) is 65.1. The van der Waals surface area contributed by atoms with Gasteiger partial charge in [0.2, 0.25) is 70.9 Å². The van der Waals surface area contributed by atoms with Gasteiger partial charge in [-0.1, -0.05) is 27.7 Å². The molecule has 0 unspecified atom stereocenters. The molecule has 12 atom stereocenters. The Morgan fingerprint density at radius 3 is 1.09 bits per heavy atom. The summed E-state index contributed by atoms with van der Waals surface area (Å²) in [5.41, 5.74) is 33.3. The van der Waals surface area contributed by atoms with Gasteiger partial charge >= 0.3 is 0 Å². The van der Waals surface area contributed by atoms with Crippen molar-refractivity contribution in [2.45, 2.75) is 218 Å². The Labute approximate surface area is 497 Å². The highest BCUT2D eigenvalue weighted by atomic mass is 16.3. The third kappa shape index (κ3) is 32.0. The van der Waals surface area contributed by atoms with Crippen molar-refractivity contribution in [1.82, 2.24) is 58.5 Å². The van der Waals surface area contributed by atoms with Gasteiger partial charge in [-0.25, -0.2) is 0 Å². The molecule has 26 N–H and O–H groups in total. The molecular formula is C53H100N18O14. The van der Waals surface area contributed by atoms with E-state index in [0.717, 1.165) is 6.92 Å². The third-order valence-corrected chi connectivity index (χ3v) is 13.2. The molecule has 0 aliphatic rings. The molecule has 0 spiro atoms. The molecule has 85 heavy (non-hydrogen) atoms. The van der Waals surface area contributed by atoms with Crippen molar-refractivity contribution in [1.29, 1.82) is 5.41 Å². The fraction of sp³-hybridized carbons (Fsp3) is 0.755. The molecule has 0 aliphatic carbocycles. The number of guanidine groups is 1. The Bertz CT molecular complexity index is 2200. The van der Waals surface area contributed by atoms with Crippen LogP contribution < -0.4 is 92.9 Å². The smallest absolute Gasteiger partial charge is 0.245 e. The minimum Gasteiger partial charge on any atom is -0.391 e. The van der Waals surface area contributed by atoms with Crippen LogP contribution in [0.3, 0.4) is 0 Å². The fourth-order valence-electron chi connectivity index (χ4n) is 8.47. The highest BCUT2D eigenvalue weighted by Gasteiger charge is 2.37. The first-order valence-electron chi connectivity index (χ1n) is 28.9. The van der Waals surface area contributed by atoms with Crippen molar-refractivity contribution in [2.24, 2.45) is 46.2 Å². The second-order valence-electron chi connectivity index (χ2n) is 21.8. The summed E-state index contributed by atoms with van der Waals surface area (Å²) in [7, 11) is 0. The van der Waals surface area contributed by atoms with Gasteiger partial charge in [0, 0.05) is 19.9 Å². The van der Waals surface area contributed by atoms with E-state index in [9.17, 15) is 67.7 Å². The maximum Gasteiger partial charge on any atom is 0.245 e. The van der Waals surface area contributed by atoms with Crippen molar-refractivity contribution in [3.8, 4) is 0 Å². The summed E-state index contributed by atoms with van der Waals surface area (Å²) in [6, 6.07) is -13.9. The maximum atomic E-state index is 14.2. The first kappa shape index (κ1) is 77.7. The first-order chi connectivity index (χ1) is 39.8. The number of carbonyl (C=O) groups is 12. The predicted octanol–water partition coefficient (Wildman–Crippen LogP) is -6.26. The fourth-order valence-corrected chi connectivity index (χ4v) is 8.47. The van der Waals surface area contributed by atoms with Crippen molar-refractivity contribution < 1.29 is 67.7 Å². The molecule has 0 aromatic heterocycles. The van der Waals surface area contributed by atoms with Crippen LogP contribution in [0.4, 0.5) is 0 Å². The lowest BCUT2D eigenvalue weighted by atomic mass is 10.0. The molecule has 0 rings (SSSR count). The van der Waals surface area contributed by atoms with E-state index in [4.69, 9.17) is 39.8 Å². The van der Waals surface area contributed by atoms with Crippen LogP contribution in [-0.4, -0.2) is 186 Å². The van der Waals surface area contributed by atoms with E-state index in [0.29, 0.717) is 32.1 Å². The second kappa shape index (κ2) is 41.7. The number of aliphatic hydroxyl groups excluding tert-OH is 2. The van der Waals surface area contributed by atoms with Crippen LogP contribution >= 0.6 is 0 Å². The number of rotatable bonds is 44. The number of carbonyl (C=O) groups excluding carboxylic acids is 12. The number of aliphatic hydroxyl groups is 2. The normalized spacial score (nSPS) is 15.4. The van der Waals surface area contributed by atoms with Gasteiger partial charge in [0.25, 0.3) is 0 Å². The third-order valence-electron chi connectivity index (χ3n) is 13.2. The van der Waals surface area contributed by atoms with Gasteiger partial charge in [-0.2, -0.15) is 0 Å². The molecule has 0 bridgehead atoms. The number of nitrogens with two attached hydrogens (primary N) is 6. The van der Waals surface area contributed by atoms with Crippen LogP contribution in [0.5, 0.6) is 0 Å². The summed E-state index contributed by atoms with van der Waals surface area (Å²) in [5, 5.41) is 56.5. The molecule has 0 aromatic carbocycles. The van der Waals surface area contributed by atoms with E-state index in [-0.39, 0.29) is 95.8 Å². The van der Waals surface area contributed by atoms with Crippen molar-refractivity contribution in [3.05, 3.63) is 0 Å². The zero-order valence-electron chi connectivity index (χ0n) is 50.6. The van der Waals surface area contributed by atoms with Crippen molar-refractivity contribution in [3.63, 3.8) is 0 Å². The number of unbranched alkanes of at least 4 members (excludes halogenated alkanes) is 3. The number of primary amides is 2. The van der Waals surface area contributed by atoms with Gasteiger partial charge in [-0.15, -0.1) is 0 Å². The van der Waals surface area contributed by atoms with E-state index in [2.05, 4.69) is 58.5 Å². The number of nitrogens with one attached hydrogen (secondary N) is 12. The minimum absolute atomic E-state index is 0.000998. The lowest BCUT2D eigenvalue weighted by molar-refractivity contribution is -0.138. The minimum atomic E-state index is -1.76. The highest BCUT2D eigenvalue weighted by Crippen LogP contribution is 2.12. The van der Waals surface area contributed by atoms with Gasteiger partial charge in [0.15, 0.2) is 5.96 Å². The molecule has 32 heteroatoms. The van der Waals surface area contributed by atoms with Crippen LogP contribution in [0.25, 0.3) is 0 Å². The predicted molar refractivity (Wildman–Crippen MR) is 314 cm³/mol. The van der Waals surface area contributed by atoms with Gasteiger partial charge in [0.05, 0.1) is 12.2 Å². The Hall–Kier alpha value is -7.29. The van der Waals surface area contributed by atoms with E-state index < -0.39 is 149 Å². The molecule has 0 fully saturated rings. The quantitative estimate of drug-likeness (QED) is 0.0153. The average Bonchev–Trinajstić information content (AvgIpc) is 3.44. The summed E-state index contributed by atoms with van der Waals surface area (Å²) < 4.78 is 0. The van der Waals surface area contributed by atoms with Crippen molar-refractivity contribution >= 4 is 76.8 Å². The first-order valence-corrected chi connectivity index (χ1v) is 28.9. The zero-order valence-corrected chi connectivity index (χ0v) is 50.6. The summed E-state index contributed by atoms with van der Waals surface area (Å²) in [4.78, 5) is 160. The monoisotopic (exact) mass is 1210 g/mol. The van der Waals surface area contributed by atoms with Crippen LogP contribution in [0, 0.1) is 17.2 Å². The molecule has 12 amide bonds. The Morgan fingerprint density at radius 2 is 0.753 bits per heavy atom. The Balaban J connectivity index is 6.76. The van der Waals surface area contributed by atoms with E-state index in [1.807, 2.05) is 0 Å². The molecule has 0 aromatic rings. The second-order valence-corrected chi connectivity index (χ2v) is 21.8. The standard InChI is InChI=1S/C53H100N18O14/c1-27(2)26-38(50(83)67-35(18-11-14-24-56)49(82)70-41(30(6)72)52(85)71-42(31(7)73)51(84)69-40(28(3)4)43(58)76)68-44(77)29(5)62-45(78)33(16-9-12-22-54)64-47(80)36(19-15-25-61-53(59)60)66-46(79)34(17-10-13-23-55)65-48(81)37(63-32(8)74)20-21-39(57)75/h27-31,33-38,40-42,72-73H,9-26,54-56H2,1-8H3,(H2,57,75)(H2,58,76)(H,62,78)(H,63,74)(H,64,80)(H,65,81)(H,66,79)(H,67,83)(H,68,77)(H,69,84)(H,70,82)(H,71,85)(H4,59,60,61)/t29-,30+,31+,33-,34-,35-,36-,37-,38-,40-,41-,42-/m0/s1. The molecule has 0 saturated heterocycles. The summed E-state index contributed by atoms with van der Waals surface area (Å²) >= 11 is 0. The Kier molecular flexibility index (Phi) is 38.1. The number of hydrogen-bond acceptors (Lipinski definition) is 18. The van der Waals surface area contributed by atoms with Crippen LogP contribution in [0.2, 0.25) is 0 Å². The topological polar surface area (TPSA) is 558 Å². The van der Waals surface area contributed by atoms with Gasteiger partial charge in [-0.05, 0) is 136 Å². The lowest BCUT2D eigenvalue weighted by Crippen LogP contribution is -2.63. The Morgan fingerprint density at radius 1 is 0.412 bits per heavy atom. The van der Waals surface area contributed by atoms with E-state index >= 15 is 0 Å². The summed E-state index contributed by atoms with van der Waals surface area (Å²) in [6.45, 7) is 12.3. The van der Waals surface area contributed by atoms with Crippen LogP contribution in [-0.2, 0) is 57.5 Å². The SMILES string of the molecule is CC(=O)N[C@@H](CCC(N)=O)C(=O)N[C@@H](CCCCN)C(=O)N[C@@H](CCCNC(=N)N)C(=O)N[C@@H](CCCCN)C(=O)N[C@@H](C)C(=O)N[C@@H](CC(C)C)C(=O)N[C@@H](CCCCN)C(=O)N[C@H](C(=O)N[C@H](C(=O)N[C@H](C(N)=O)C(C)C)[C@@H](C)O)[C@@H](C)O. The molecule has 0 radical (unpaired) electrons. The van der Waals surface area contributed by atoms with Gasteiger partial charge < -0.3 is 103 Å². The maximum absolute atomic E-state index is 14.2. The molecule has 0 heterocycles. The number of hydrogen-bond donors (Lipinski definition) is 20. The molecule has 486 valence electrons. The lowest BCUT2D eigenvalue weighted by Gasteiger charge is -2.29. The van der Waals surface area contributed by atoms with Crippen LogP contribution in [0.15, 0.2) is 0 Å². The highest BCUT2D eigenvalue weighted by molar-refractivity contribution is 5.99. The average molecular weight is 1210 g/mol. The van der Waals surface area contributed by atoms with Crippen LogP contribution in [0.1, 0.15) is 145 Å². The van der Waals surface area contributed by atoms with Gasteiger partial charge in [0.1, 0.15) is 60.4 Å². The number of amides is 12. The molecule has 0 aliphatic heterocycles. The largest absolute Gasteiger partial charge is 0.391 e.